The molecule has 3 nitrogen and oxygen atoms in total. The van der Waals surface area contributed by atoms with Gasteiger partial charge in [0.05, 0.1) is 18.4 Å². The Labute approximate surface area is 97.0 Å². The Balaban J connectivity index is 2.38. The summed E-state index contributed by atoms with van der Waals surface area (Å²) in [5.41, 5.74) is 1.03. The number of anilines is 1. The summed E-state index contributed by atoms with van der Waals surface area (Å²) in [6, 6.07) is 10.1. The predicted molar refractivity (Wildman–Crippen MR) is 65.6 cm³/mol. The molecule has 0 radical (unpaired) electrons. The molecule has 1 N–H and O–H groups in total. The lowest BCUT2D eigenvalue weighted by molar-refractivity contribution is 0.341. The second-order valence-corrected chi connectivity index (χ2v) is 3.47. The zero-order chi connectivity index (χ0) is 11.6. The van der Waals surface area contributed by atoms with E-state index in [9.17, 15) is 0 Å². The van der Waals surface area contributed by atoms with E-state index >= 15 is 0 Å². The van der Waals surface area contributed by atoms with Crippen LogP contribution >= 0.6 is 0 Å². The van der Waals surface area contributed by atoms with Gasteiger partial charge < -0.3 is 10.1 Å². The lowest BCUT2D eigenvalue weighted by Crippen LogP contribution is -2.04. The Hall–Kier alpha value is -1.69. The fourth-order valence-electron chi connectivity index (χ4n) is 1.45. The van der Waals surface area contributed by atoms with Gasteiger partial charge in [0.15, 0.2) is 0 Å². The molecule has 16 heavy (non-hydrogen) atoms. The minimum Gasteiger partial charge on any atom is -0.492 e. The van der Waals surface area contributed by atoms with Crippen molar-refractivity contribution in [1.29, 1.82) is 5.26 Å². The van der Waals surface area contributed by atoms with Crippen LogP contribution < -0.4 is 10.1 Å². The van der Waals surface area contributed by atoms with Crippen LogP contribution in [0.5, 0.6) is 5.75 Å². The molecule has 0 aliphatic heterocycles. The van der Waals surface area contributed by atoms with E-state index in [2.05, 4.69) is 11.4 Å². The molecule has 0 spiro atoms. The topological polar surface area (TPSA) is 45.0 Å². The third-order valence-corrected chi connectivity index (χ3v) is 2.22. The van der Waals surface area contributed by atoms with Gasteiger partial charge in [-0.3, -0.25) is 0 Å². The molecule has 0 bridgehead atoms. The standard InChI is InChI=1S/C13H18N2O/c1-2-16-13-9-5-4-8-12(13)15-11-7-3-6-10-14/h4-5,8-9,15H,2-3,6-7,11H2,1H3. The van der Waals surface area contributed by atoms with Crippen LogP contribution in [-0.4, -0.2) is 13.2 Å². The maximum absolute atomic E-state index is 8.41. The molecular formula is C13H18N2O. The highest BCUT2D eigenvalue weighted by Crippen LogP contribution is 2.23. The fraction of sp³-hybridized carbons (Fsp3) is 0.462. The molecule has 0 unspecified atom stereocenters. The molecule has 0 heterocycles. The summed E-state index contributed by atoms with van der Waals surface area (Å²) in [6.07, 6.45) is 2.59. The second kappa shape index (κ2) is 7.58. The third kappa shape index (κ3) is 4.22. The van der Waals surface area contributed by atoms with E-state index in [-0.39, 0.29) is 0 Å². The smallest absolute Gasteiger partial charge is 0.142 e. The number of hydrogen-bond acceptors (Lipinski definition) is 3. The van der Waals surface area contributed by atoms with E-state index in [0.717, 1.165) is 30.8 Å². The molecule has 3 heteroatoms. The number of hydrogen-bond donors (Lipinski definition) is 1. The number of benzene rings is 1. The van der Waals surface area contributed by atoms with Gasteiger partial charge in [0.25, 0.3) is 0 Å². The Bertz CT molecular complexity index is 344. The quantitative estimate of drug-likeness (QED) is 0.715. The largest absolute Gasteiger partial charge is 0.492 e. The summed E-state index contributed by atoms with van der Waals surface area (Å²) in [7, 11) is 0. The van der Waals surface area contributed by atoms with Crippen molar-refractivity contribution in [1.82, 2.24) is 0 Å². The molecule has 1 rings (SSSR count). The highest BCUT2D eigenvalue weighted by Gasteiger charge is 2.00. The number of nitrogens with one attached hydrogen (secondary N) is 1. The Morgan fingerprint density at radius 3 is 2.88 bits per heavy atom. The molecule has 0 aromatic heterocycles. The summed E-state index contributed by atoms with van der Waals surface area (Å²) in [4.78, 5) is 0. The van der Waals surface area contributed by atoms with Crippen LogP contribution in [0, 0.1) is 11.3 Å². The summed E-state index contributed by atoms with van der Waals surface area (Å²) in [5.74, 6) is 0.894. The molecule has 0 saturated heterocycles. The molecule has 1 aromatic rings. The minimum atomic E-state index is 0.634. The van der Waals surface area contributed by atoms with Crippen LogP contribution in [0.3, 0.4) is 0 Å². The Morgan fingerprint density at radius 1 is 1.31 bits per heavy atom. The van der Waals surface area contributed by atoms with Crippen molar-refractivity contribution in [3.63, 3.8) is 0 Å². The molecular weight excluding hydrogens is 200 g/mol. The first-order valence-electron chi connectivity index (χ1n) is 5.71. The van der Waals surface area contributed by atoms with E-state index in [1.165, 1.54) is 0 Å². The van der Waals surface area contributed by atoms with Crippen molar-refractivity contribution in [2.75, 3.05) is 18.5 Å². The van der Waals surface area contributed by atoms with Gasteiger partial charge in [0.1, 0.15) is 5.75 Å². The van der Waals surface area contributed by atoms with E-state index in [1.807, 2.05) is 31.2 Å². The van der Waals surface area contributed by atoms with Crippen molar-refractivity contribution >= 4 is 5.69 Å². The van der Waals surface area contributed by atoms with Crippen LogP contribution in [0.15, 0.2) is 24.3 Å². The van der Waals surface area contributed by atoms with Crippen LogP contribution in [0.2, 0.25) is 0 Å². The van der Waals surface area contributed by atoms with Crippen molar-refractivity contribution in [3.8, 4) is 11.8 Å². The normalized spacial score (nSPS) is 9.50. The van der Waals surface area contributed by atoms with E-state index in [4.69, 9.17) is 10.00 Å². The van der Waals surface area contributed by atoms with Gasteiger partial charge >= 0.3 is 0 Å². The van der Waals surface area contributed by atoms with Gasteiger partial charge in [-0.25, -0.2) is 0 Å². The monoisotopic (exact) mass is 218 g/mol. The zero-order valence-electron chi connectivity index (χ0n) is 9.70. The number of nitriles is 1. The molecule has 0 atom stereocenters. The average Bonchev–Trinajstić information content (AvgIpc) is 2.31. The minimum absolute atomic E-state index is 0.634. The molecule has 0 aliphatic rings. The number of nitrogens with zero attached hydrogens (tertiary/aromatic N) is 1. The summed E-state index contributed by atoms with van der Waals surface area (Å²) in [5, 5.41) is 11.7. The van der Waals surface area contributed by atoms with Gasteiger partial charge in [-0.05, 0) is 31.9 Å². The lowest BCUT2D eigenvalue weighted by atomic mass is 10.2. The van der Waals surface area contributed by atoms with Crippen molar-refractivity contribution in [3.05, 3.63) is 24.3 Å². The van der Waals surface area contributed by atoms with Crippen LogP contribution in [0.4, 0.5) is 5.69 Å². The first-order chi connectivity index (χ1) is 7.88. The first-order valence-corrected chi connectivity index (χ1v) is 5.71. The number of para-hydroxylation sites is 2. The zero-order valence-corrected chi connectivity index (χ0v) is 9.70. The predicted octanol–water partition coefficient (Wildman–Crippen LogP) is 3.19. The van der Waals surface area contributed by atoms with Crippen LogP contribution in [0.25, 0.3) is 0 Å². The summed E-state index contributed by atoms with van der Waals surface area (Å²) >= 11 is 0. The third-order valence-electron chi connectivity index (χ3n) is 2.22. The maximum Gasteiger partial charge on any atom is 0.142 e. The average molecular weight is 218 g/mol. The Morgan fingerprint density at radius 2 is 2.12 bits per heavy atom. The van der Waals surface area contributed by atoms with Crippen molar-refractivity contribution < 1.29 is 4.74 Å². The van der Waals surface area contributed by atoms with E-state index in [0.29, 0.717) is 13.0 Å². The summed E-state index contributed by atoms with van der Waals surface area (Å²) < 4.78 is 5.50. The molecule has 0 aliphatic carbocycles. The van der Waals surface area contributed by atoms with Crippen molar-refractivity contribution in [2.24, 2.45) is 0 Å². The van der Waals surface area contributed by atoms with Gasteiger partial charge in [-0.15, -0.1) is 0 Å². The maximum atomic E-state index is 8.41. The molecule has 1 aromatic carbocycles. The van der Waals surface area contributed by atoms with Gasteiger partial charge in [0.2, 0.25) is 0 Å². The Kier molecular flexibility index (Phi) is 5.87. The van der Waals surface area contributed by atoms with Crippen LogP contribution in [0.1, 0.15) is 26.2 Å². The molecule has 0 saturated carbocycles. The van der Waals surface area contributed by atoms with Gasteiger partial charge in [0, 0.05) is 13.0 Å². The SMILES string of the molecule is CCOc1ccccc1NCCCCC#N. The number of unbranched alkanes of at least 4 members (excludes halogenated alkanes) is 2. The number of ether oxygens (including phenoxy) is 1. The lowest BCUT2D eigenvalue weighted by Gasteiger charge is -2.11. The van der Waals surface area contributed by atoms with Gasteiger partial charge in [-0.1, -0.05) is 12.1 Å². The fourth-order valence-corrected chi connectivity index (χ4v) is 1.45. The van der Waals surface area contributed by atoms with E-state index in [1.54, 1.807) is 0 Å². The molecule has 0 amide bonds. The van der Waals surface area contributed by atoms with Gasteiger partial charge in [-0.2, -0.15) is 5.26 Å². The number of rotatable bonds is 7. The first kappa shape index (κ1) is 12.4. The molecule has 0 fully saturated rings. The second-order valence-electron chi connectivity index (χ2n) is 3.47. The highest BCUT2D eigenvalue weighted by atomic mass is 16.5. The van der Waals surface area contributed by atoms with E-state index < -0.39 is 0 Å². The van der Waals surface area contributed by atoms with Crippen molar-refractivity contribution in [2.45, 2.75) is 26.2 Å². The van der Waals surface area contributed by atoms with Crippen LogP contribution in [-0.2, 0) is 0 Å². The highest BCUT2D eigenvalue weighted by molar-refractivity contribution is 5.56. The summed E-state index contributed by atoms with van der Waals surface area (Å²) in [6.45, 7) is 3.53. The molecule has 86 valence electrons.